The molecule has 0 aliphatic rings. The third-order valence-corrected chi connectivity index (χ3v) is 3.53. The summed E-state index contributed by atoms with van der Waals surface area (Å²) in [4.78, 5) is 0. The summed E-state index contributed by atoms with van der Waals surface area (Å²) in [5.74, 6) is 0.764. The molecule has 0 aliphatic carbocycles. The van der Waals surface area contributed by atoms with Crippen molar-refractivity contribution in [2.45, 2.75) is 98.3 Å². The summed E-state index contributed by atoms with van der Waals surface area (Å²) in [6.45, 7) is 19.8. The van der Waals surface area contributed by atoms with Crippen molar-refractivity contribution in [2.75, 3.05) is 0 Å². The molecule has 0 amide bonds. The van der Waals surface area contributed by atoms with E-state index in [1.165, 1.54) is 57.8 Å². The Bertz CT molecular complexity index is 259. The van der Waals surface area contributed by atoms with Gasteiger partial charge in [0.15, 0.2) is 0 Å². The van der Waals surface area contributed by atoms with E-state index in [1.54, 1.807) is 0 Å². The van der Waals surface area contributed by atoms with Crippen LogP contribution in [-0.4, -0.2) is 0 Å². The van der Waals surface area contributed by atoms with Crippen molar-refractivity contribution in [3.05, 3.63) is 50.1 Å². The predicted molar refractivity (Wildman–Crippen MR) is 117 cm³/mol. The van der Waals surface area contributed by atoms with Crippen molar-refractivity contribution in [1.82, 2.24) is 0 Å². The highest BCUT2D eigenvalue weighted by atomic mass is 14.0. The number of unbranched alkanes of at least 4 members (excludes halogenated alkanes) is 6. The lowest BCUT2D eigenvalue weighted by molar-refractivity contribution is 0.603. The molecule has 0 nitrogen and oxygen atoms in total. The highest BCUT2D eigenvalue weighted by Gasteiger charge is 1.93. The molecule has 0 heterocycles. The molecule has 0 aromatic heterocycles. The molecule has 0 bridgehead atoms. The Labute approximate surface area is 154 Å². The van der Waals surface area contributed by atoms with Crippen LogP contribution >= 0.6 is 0 Å². The molecule has 0 saturated heterocycles. The molecular formula is C24H46. The number of rotatable bonds is 13. The van der Waals surface area contributed by atoms with Gasteiger partial charge in [0.2, 0.25) is 0 Å². The first-order valence-electron chi connectivity index (χ1n) is 10.1. The summed E-state index contributed by atoms with van der Waals surface area (Å²) < 4.78 is 0. The van der Waals surface area contributed by atoms with Crippen LogP contribution in [-0.2, 0) is 0 Å². The van der Waals surface area contributed by atoms with Crippen LogP contribution in [0.3, 0.4) is 0 Å². The summed E-state index contributed by atoms with van der Waals surface area (Å²) in [6.07, 6.45) is 24.3. The monoisotopic (exact) mass is 334 g/mol. The van der Waals surface area contributed by atoms with E-state index in [4.69, 9.17) is 0 Å². The van der Waals surface area contributed by atoms with E-state index in [2.05, 4.69) is 59.6 Å². The van der Waals surface area contributed by atoms with Crippen molar-refractivity contribution in [2.24, 2.45) is 5.92 Å². The lowest BCUT2D eigenvalue weighted by atomic mass is 10.0. The van der Waals surface area contributed by atoms with E-state index in [1.807, 2.05) is 18.2 Å². The molecule has 0 fully saturated rings. The first-order chi connectivity index (χ1) is 11.6. The Balaban J connectivity index is -0.000000285. The van der Waals surface area contributed by atoms with Gasteiger partial charge in [-0.2, -0.15) is 0 Å². The van der Waals surface area contributed by atoms with E-state index in [-0.39, 0.29) is 0 Å². The molecule has 0 aromatic rings. The second-order valence-electron chi connectivity index (χ2n) is 6.31. The molecule has 0 spiro atoms. The zero-order chi connectivity index (χ0) is 18.9. The van der Waals surface area contributed by atoms with Gasteiger partial charge >= 0.3 is 0 Å². The van der Waals surface area contributed by atoms with Gasteiger partial charge in [-0.3, -0.25) is 0 Å². The Hall–Kier alpha value is -1.04. The molecule has 0 aliphatic heterocycles. The average molecular weight is 335 g/mol. The predicted octanol–water partition coefficient (Wildman–Crippen LogP) is 9.06. The topological polar surface area (TPSA) is 0 Å². The Morgan fingerprint density at radius 3 is 1.67 bits per heavy atom. The first-order valence-corrected chi connectivity index (χ1v) is 10.1. The Kier molecular flexibility index (Phi) is 34.6. The third kappa shape index (κ3) is 37.3. The molecule has 0 rings (SSSR count). The van der Waals surface area contributed by atoms with Crippen LogP contribution in [0, 0.1) is 5.92 Å². The van der Waals surface area contributed by atoms with Crippen molar-refractivity contribution in [3.8, 4) is 0 Å². The van der Waals surface area contributed by atoms with E-state index in [9.17, 15) is 0 Å². The van der Waals surface area contributed by atoms with Crippen LogP contribution in [0.4, 0.5) is 0 Å². The minimum Gasteiger partial charge on any atom is -0.103 e. The van der Waals surface area contributed by atoms with Gasteiger partial charge in [0.05, 0.1) is 0 Å². The maximum Gasteiger partial charge on any atom is -0.0322 e. The minimum atomic E-state index is 0.764. The van der Waals surface area contributed by atoms with E-state index < -0.39 is 0 Å². The fourth-order valence-corrected chi connectivity index (χ4v) is 1.94. The Morgan fingerprint density at radius 1 is 0.667 bits per heavy atom. The third-order valence-electron chi connectivity index (χ3n) is 3.53. The number of hydrogen-bond acceptors (Lipinski definition) is 0. The van der Waals surface area contributed by atoms with E-state index in [0.29, 0.717) is 0 Å². The van der Waals surface area contributed by atoms with Crippen molar-refractivity contribution >= 4 is 0 Å². The van der Waals surface area contributed by atoms with Crippen molar-refractivity contribution < 1.29 is 0 Å². The maximum atomic E-state index is 3.70. The zero-order valence-electron chi connectivity index (χ0n) is 17.4. The molecule has 0 N–H and O–H groups in total. The van der Waals surface area contributed by atoms with Crippen LogP contribution in [0.5, 0.6) is 0 Å². The molecule has 24 heavy (non-hydrogen) atoms. The molecular weight excluding hydrogens is 288 g/mol. The van der Waals surface area contributed by atoms with Gasteiger partial charge in [0.1, 0.15) is 0 Å². The fraction of sp³-hybridized carbons (Fsp3) is 0.667. The molecule has 1 atom stereocenters. The highest BCUT2D eigenvalue weighted by Crippen LogP contribution is 2.08. The SMILES string of the molecule is C=CCC(C)CC=CCC.C=CCCCC.C=CCCCCCC. The van der Waals surface area contributed by atoms with Gasteiger partial charge in [-0.15, -0.1) is 19.7 Å². The van der Waals surface area contributed by atoms with Crippen LogP contribution in [0.1, 0.15) is 98.3 Å². The van der Waals surface area contributed by atoms with Gasteiger partial charge in [0, 0.05) is 0 Å². The van der Waals surface area contributed by atoms with Gasteiger partial charge in [-0.05, 0) is 44.4 Å². The summed E-state index contributed by atoms with van der Waals surface area (Å²) >= 11 is 0. The van der Waals surface area contributed by atoms with Gasteiger partial charge in [0.25, 0.3) is 0 Å². The first kappa shape index (κ1) is 27.8. The van der Waals surface area contributed by atoms with E-state index in [0.717, 1.165) is 18.8 Å². The van der Waals surface area contributed by atoms with Crippen molar-refractivity contribution in [3.63, 3.8) is 0 Å². The molecule has 0 radical (unpaired) electrons. The van der Waals surface area contributed by atoms with E-state index >= 15 is 0 Å². The normalized spacial score (nSPS) is 10.8. The molecule has 0 heteroatoms. The standard InChI is InChI=1S/C10H18.C8H16.C6H12/c1-4-6-7-9-10(3)8-5-2;1-3-5-7-8-6-4-2;1-3-5-6-4-2/h5-7,10H,2,4,8-9H2,1,3H3;3H,1,4-8H2,2H3;3H,1,4-6H2,2H3. The number of allylic oxidation sites excluding steroid dienone is 5. The fourth-order valence-electron chi connectivity index (χ4n) is 1.94. The Morgan fingerprint density at radius 2 is 1.25 bits per heavy atom. The van der Waals surface area contributed by atoms with Gasteiger partial charge in [-0.25, -0.2) is 0 Å². The smallest absolute Gasteiger partial charge is 0.0322 e. The van der Waals surface area contributed by atoms with Gasteiger partial charge < -0.3 is 0 Å². The summed E-state index contributed by atoms with van der Waals surface area (Å²) in [6, 6.07) is 0. The van der Waals surface area contributed by atoms with Crippen LogP contribution in [0.2, 0.25) is 0 Å². The summed E-state index contributed by atoms with van der Waals surface area (Å²) in [5.41, 5.74) is 0. The van der Waals surface area contributed by atoms with Crippen LogP contribution < -0.4 is 0 Å². The summed E-state index contributed by atoms with van der Waals surface area (Å²) in [5, 5.41) is 0. The second kappa shape index (κ2) is 29.9. The lowest BCUT2D eigenvalue weighted by Crippen LogP contribution is -1.88. The highest BCUT2D eigenvalue weighted by molar-refractivity contribution is 4.83. The largest absolute Gasteiger partial charge is 0.103 e. The lowest BCUT2D eigenvalue weighted by Gasteiger charge is -2.02. The minimum absolute atomic E-state index is 0.764. The average Bonchev–Trinajstić information content (AvgIpc) is 2.59. The van der Waals surface area contributed by atoms with Crippen LogP contribution in [0.25, 0.3) is 0 Å². The molecule has 0 aromatic carbocycles. The quantitative estimate of drug-likeness (QED) is 0.233. The summed E-state index contributed by atoms with van der Waals surface area (Å²) in [7, 11) is 0. The number of hydrogen-bond donors (Lipinski definition) is 0. The molecule has 0 saturated carbocycles. The second-order valence-corrected chi connectivity index (χ2v) is 6.31. The van der Waals surface area contributed by atoms with Gasteiger partial charge in [-0.1, -0.05) is 90.2 Å². The molecule has 1 unspecified atom stereocenters. The van der Waals surface area contributed by atoms with Crippen molar-refractivity contribution in [1.29, 1.82) is 0 Å². The molecule has 142 valence electrons. The van der Waals surface area contributed by atoms with Crippen LogP contribution in [0.15, 0.2) is 50.1 Å². The maximum absolute atomic E-state index is 3.70. The zero-order valence-corrected chi connectivity index (χ0v) is 17.4.